The minimum atomic E-state index is -0.665. The molecule has 4 rings (SSSR count). The molecule has 0 unspecified atom stereocenters. The third-order valence-corrected chi connectivity index (χ3v) is 7.19. The minimum absolute atomic E-state index is 0.168. The lowest BCUT2D eigenvalue weighted by molar-refractivity contribution is 0.0766. The number of nitrogens with one attached hydrogen (secondary N) is 3. The van der Waals surface area contributed by atoms with Crippen molar-refractivity contribution in [2.24, 2.45) is 0 Å². The van der Waals surface area contributed by atoms with Gasteiger partial charge >= 0.3 is 12.1 Å². The third kappa shape index (κ3) is 7.61. The first-order valence-corrected chi connectivity index (χ1v) is 14.6. The first-order chi connectivity index (χ1) is 21.5. The number of urea groups is 1. The van der Waals surface area contributed by atoms with Gasteiger partial charge in [-0.1, -0.05) is 45.0 Å². The normalized spacial score (nSPS) is 11.0. The molecule has 0 bridgehead atoms. The molecule has 3 aromatic carbocycles. The van der Waals surface area contributed by atoms with Gasteiger partial charge in [-0.2, -0.15) is 0 Å². The minimum Gasteiger partial charge on any atom is -0.492 e. The van der Waals surface area contributed by atoms with Gasteiger partial charge in [0.15, 0.2) is 5.75 Å². The van der Waals surface area contributed by atoms with Crippen LogP contribution in [-0.4, -0.2) is 55.2 Å². The molecule has 0 aliphatic heterocycles. The number of rotatable bonds is 9. The molecule has 1 aromatic heterocycles. The monoisotopic (exact) mass is 613 g/mol. The highest BCUT2D eigenvalue weighted by atomic mass is 16.5. The standard InChI is InChI=1S/C34H39N5O6/c1-8-39(9-2)31(40)28-20-22(16-17-35-28)45-29-15-14-25(23-12-10-11-13-24(23)29)36-32(41)37-26-18-21(34(3,4)5)19-27(30(26)43-6)38-33(42)44-7/h10-20H,8-9H2,1-7H3,(H,38,42)(H2,36,37,41). The molecular weight excluding hydrogens is 574 g/mol. The van der Waals surface area contributed by atoms with Crippen LogP contribution in [0.2, 0.25) is 0 Å². The molecule has 4 amide bonds. The van der Waals surface area contributed by atoms with Crippen LogP contribution >= 0.6 is 0 Å². The maximum atomic E-state index is 13.4. The van der Waals surface area contributed by atoms with Crippen molar-refractivity contribution in [2.45, 2.75) is 40.0 Å². The van der Waals surface area contributed by atoms with Gasteiger partial charge in [-0.3, -0.25) is 15.1 Å². The first kappa shape index (κ1) is 32.6. The molecule has 0 aliphatic carbocycles. The zero-order valence-electron chi connectivity index (χ0n) is 26.6. The third-order valence-electron chi connectivity index (χ3n) is 7.19. The van der Waals surface area contributed by atoms with E-state index in [9.17, 15) is 14.4 Å². The largest absolute Gasteiger partial charge is 0.492 e. The van der Waals surface area contributed by atoms with Gasteiger partial charge in [0.25, 0.3) is 5.91 Å². The Kier molecular flexibility index (Phi) is 10.1. The number of benzene rings is 3. The van der Waals surface area contributed by atoms with E-state index in [1.165, 1.54) is 14.2 Å². The molecule has 0 radical (unpaired) electrons. The molecule has 3 N–H and O–H groups in total. The van der Waals surface area contributed by atoms with Crippen LogP contribution in [0.5, 0.6) is 17.2 Å². The molecule has 0 saturated carbocycles. The molecule has 0 aliphatic rings. The number of carbonyl (C=O) groups excluding carboxylic acids is 3. The number of carbonyl (C=O) groups is 3. The summed E-state index contributed by atoms with van der Waals surface area (Å²) in [6.07, 6.45) is 0.880. The number of pyridine rings is 1. The van der Waals surface area contributed by atoms with Gasteiger partial charge in [-0.25, -0.2) is 9.59 Å². The summed E-state index contributed by atoms with van der Waals surface area (Å²) >= 11 is 0. The van der Waals surface area contributed by atoms with E-state index in [4.69, 9.17) is 14.2 Å². The maximum absolute atomic E-state index is 13.4. The van der Waals surface area contributed by atoms with Crippen molar-refractivity contribution in [1.29, 1.82) is 0 Å². The predicted octanol–water partition coefficient (Wildman–Crippen LogP) is 7.64. The number of amides is 4. The second kappa shape index (κ2) is 14.0. The fourth-order valence-corrected chi connectivity index (χ4v) is 4.77. The van der Waals surface area contributed by atoms with Crippen molar-refractivity contribution in [3.63, 3.8) is 0 Å². The Labute approximate surface area is 262 Å². The highest BCUT2D eigenvalue weighted by Crippen LogP contribution is 2.39. The molecule has 0 fully saturated rings. The van der Waals surface area contributed by atoms with Gasteiger partial charge in [0.2, 0.25) is 0 Å². The summed E-state index contributed by atoms with van der Waals surface area (Å²) in [6.45, 7) is 11.1. The molecule has 45 heavy (non-hydrogen) atoms. The summed E-state index contributed by atoms with van der Waals surface area (Å²) in [4.78, 5) is 44.1. The lowest BCUT2D eigenvalue weighted by Gasteiger charge is -2.24. The van der Waals surface area contributed by atoms with E-state index in [-0.39, 0.29) is 17.1 Å². The summed E-state index contributed by atoms with van der Waals surface area (Å²) in [5.41, 5.74) is 2.12. The van der Waals surface area contributed by atoms with Crippen molar-refractivity contribution in [2.75, 3.05) is 43.3 Å². The van der Waals surface area contributed by atoms with Crippen LogP contribution in [0.3, 0.4) is 0 Å². The molecule has 0 atom stereocenters. The second-order valence-electron chi connectivity index (χ2n) is 11.2. The topological polar surface area (TPSA) is 131 Å². The Bertz CT molecular complexity index is 1710. The second-order valence-corrected chi connectivity index (χ2v) is 11.2. The van der Waals surface area contributed by atoms with Gasteiger partial charge in [-0.15, -0.1) is 0 Å². The number of ether oxygens (including phenoxy) is 3. The van der Waals surface area contributed by atoms with Gasteiger partial charge in [0.1, 0.15) is 17.2 Å². The fraction of sp³-hybridized carbons (Fsp3) is 0.294. The summed E-state index contributed by atoms with van der Waals surface area (Å²) < 4.78 is 16.6. The van der Waals surface area contributed by atoms with Gasteiger partial charge < -0.3 is 29.7 Å². The summed E-state index contributed by atoms with van der Waals surface area (Å²) in [7, 11) is 2.72. The van der Waals surface area contributed by atoms with Crippen molar-refractivity contribution in [1.82, 2.24) is 9.88 Å². The molecule has 11 nitrogen and oxygen atoms in total. The Balaban J connectivity index is 1.62. The summed E-state index contributed by atoms with van der Waals surface area (Å²) in [5, 5.41) is 9.94. The Hall–Kier alpha value is -5.32. The maximum Gasteiger partial charge on any atom is 0.411 e. The van der Waals surface area contributed by atoms with Gasteiger partial charge in [-0.05, 0) is 55.2 Å². The lowest BCUT2D eigenvalue weighted by atomic mass is 9.86. The smallest absolute Gasteiger partial charge is 0.411 e. The Morgan fingerprint density at radius 3 is 2.09 bits per heavy atom. The summed E-state index contributed by atoms with van der Waals surface area (Å²) in [5.74, 6) is 1.11. The quantitative estimate of drug-likeness (QED) is 0.177. The molecular formula is C34H39N5O6. The number of hydrogen-bond donors (Lipinski definition) is 3. The van der Waals surface area contributed by atoms with E-state index in [2.05, 4.69) is 20.9 Å². The van der Waals surface area contributed by atoms with Crippen LogP contribution in [0.1, 0.15) is 50.7 Å². The number of methoxy groups -OCH3 is 2. The Morgan fingerprint density at radius 1 is 0.822 bits per heavy atom. The van der Waals surface area contributed by atoms with E-state index in [1.807, 2.05) is 65.0 Å². The van der Waals surface area contributed by atoms with E-state index >= 15 is 0 Å². The van der Waals surface area contributed by atoms with Crippen LogP contribution in [0.25, 0.3) is 10.8 Å². The average Bonchev–Trinajstić information content (AvgIpc) is 3.02. The Morgan fingerprint density at radius 2 is 1.47 bits per heavy atom. The van der Waals surface area contributed by atoms with E-state index < -0.39 is 12.1 Å². The number of anilines is 3. The van der Waals surface area contributed by atoms with Crippen LogP contribution in [0.4, 0.5) is 26.7 Å². The predicted molar refractivity (Wildman–Crippen MR) is 176 cm³/mol. The van der Waals surface area contributed by atoms with Gasteiger partial charge in [0.05, 0.1) is 31.3 Å². The van der Waals surface area contributed by atoms with Crippen LogP contribution < -0.4 is 25.4 Å². The fourth-order valence-electron chi connectivity index (χ4n) is 4.77. The molecule has 11 heteroatoms. The SMILES string of the molecule is CCN(CC)C(=O)c1cc(Oc2ccc(NC(=O)Nc3cc(C(C)(C)C)cc(NC(=O)OC)c3OC)c3ccccc23)ccn1. The number of fused-ring (bicyclic) bond motifs is 1. The number of aromatic nitrogens is 1. The molecule has 0 saturated heterocycles. The van der Waals surface area contributed by atoms with Crippen LogP contribution in [-0.2, 0) is 10.2 Å². The van der Waals surface area contributed by atoms with Crippen molar-refractivity contribution >= 4 is 45.9 Å². The molecule has 4 aromatic rings. The van der Waals surface area contributed by atoms with Crippen molar-refractivity contribution < 1.29 is 28.6 Å². The zero-order chi connectivity index (χ0) is 32.7. The van der Waals surface area contributed by atoms with E-state index in [0.29, 0.717) is 47.3 Å². The lowest BCUT2D eigenvalue weighted by Crippen LogP contribution is -2.31. The van der Waals surface area contributed by atoms with Crippen LogP contribution in [0.15, 0.2) is 66.9 Å². The average molecular weight is 614 g/mol. The summed E-state index contributed by atoms with van der Waals surface area (Å²) in [6, 6.07) is 17.4. The number of nitrogens with zero attached hydrogens (tertiary/aromatic N) is 2. The first-order valence-electron chi connectivity index (χ1n) is 14.6. The molecule has 236 valence electrons. The van der Waals surface area contributed by atoms with Crippen molar-refractivity contribution in [3.8, 4) is 17.2 Å². The van der Waals surface area contributed by atoms with Gasteiger partial charge in [0, 0.05) is 36.1 Å². The zero-order valence-corrected chi connectivity index (χ0v) is 26.6. The van der Waals surface area contributed by atoms with Crippen molar-refractivity contribution in [3.05, 3.63) is 78.1 Å². The van der Waals surface area contributed by atoms with E-state index in [0.717, 1.165) is 16.3 Å². The highest BCUT2D eigenvalue weighted by molar-refractivity contribution is 6.08. The molecule has 1 heterocycles. The highest BCUT2D eigenvalue weighted by Gasteiger charge is 2.22. The number of hydrogen-bond acceptors (Lipinski definition) is 7. The van der Waals surface area contributed by atoms with E-state index in [1.54, 1.807) is 41.4 Å². The van der Waals surface area contributed by atoms with Crippen LogP contribution in [0, 0.1) is 0 Å². The molecule has 0 spiro atoms.